The van der Waals surface area contributed by atoms with Gasteiger partial charge in [-0.15, -0.1) is 0 Å². The predicted octanol–water partition coefficient (Wildman–Crippen LogP) is 6.95. The zero-order chi connectivity index (χ0) is 24.5. The number of hydrogen-bond donors (Lipinski definition) is 2. The lowest BCUT2D eigenvalue weighted by Crippen LogP contribution is -2.53. The number of aromatic amines is 1. The molecule has 0 bridgehead atoms. The number of H-pyrrole nitrogens is 1. The summed E-state index contributed by atoms with van der Waals surface area (Å²) in [4.78, 5) is 3.21. The molecule has 1 aromatic rings. The zero-order valence-corrected chi connectivity index (χ0v) is 22.1. The number of aliphatic hydroxyl groups excluding tert-OH is 1. The summed E-state index contributed by atoms with van der Waals surface area (Å²) in [5.41, 5.74) is 12.1. The van der Waals surface area contributed by atoms with E-state index in [-0.39, 0.29) is 17.9 Å². The van der Waals surface area contributed by atoms with Crippen LogP contribution in [-0.4, -0.2) is 28.5 Å². The molecular formula is C28H47N5O. The maximum atomic E-state index is 10.4. The van der Waals surface area contributed by atoms with Gasteiger partial charge in [-0.25, -0.2) is 0 Å². The molecule has 0 spiro atoms. The van der Waals surface area contributed by atoms with Gasteiger partial charge < -0.3 is 5.11 Å². The van der Waals surface area contributed by atoms with Gasteiger partial charge in [0.1, 0.15) is 0 Å². The maximum Gasteiger partial charge on any atom is 0.0522 e. The van der Waals surface area contributed by atoms with Crippen LogP contribution in [0.1, 0.15) is 90.8 Å². The predicted molar refractivity (Wildman–Crippen MR) is 137 cm³/mol. The van der Waals surface area contributed by atoms with E-state index in [1.165, 1.54) is 56.2 Å². The van der Waals surface area contributed by atoms with Crippen LogP contribution in [-0.2, 0) is 12.8 Å². The Morgan fingerprint density at radius 1 is 1.18 bits per heavy atom. The first-order valence-electron chi connectivity index (χ1n) is 13.9. The molecule has 1 heterocycles. The van der Waals surface area contributed by atoms with Crippen molar-refractivity contribution in [2.45, 2.75) is 92.4 Å². The molecule has 2 saturated carbocycles. The van der Waals surface area contributed by atoms with Crippen molar-refractivity contribution in [1.82, 2.24) is 10.2 Å². The van der Waals surface area contributed by atoms with Crippen LogP contribution in [0.2, 0.25) is 0 Å². The molecule has 0 amide bonds. The first kappa shape index (κ1) is 25.6. The summed E-state index contributed by atoms with van der Waals surface area (Å²) in [5.74, 6) is 4.00. The largest absolute Gasteiger partial charge is 0.396 e. The van der Waals surface area contributed by atoms with Crippen LogP contribution in [0.4, 0.5) is 0 Å². The number of nitrogens with one attached hydrogen (secondary N) is 1. The molecule has 2 fully saturated rings. The third-order valence-corrected chi connectivity index (χ3v) is 10.8. The van der Waals surface area contributed by atoms with Gasteiger partial charge >= 0.3 is 0 Å². The summed E-state index contributed by atoms with van der Waals surface area (Å²) in [5, 5.41) is 22.1. The van der Waals surface area contributed by atoms with E-state index in [1.807, 2.05) is 6.20 Å². The minimum Gasteiger partial charge on any atom is -0.396 e. The summed E-state index contributed by atoms with van der Waals surface area (Å²) >= 11 is 0. The van der Waals surface area contributed by atoms with Crippen molar-refractivity contribution in [2.75, 3.05) is 13.2 Å². The van der Waals surface area contributed by atoms with Crippen molar-refractivity contribution in [3.63, 3.8) is 0 Å². The molecule has 190 valence electrons. The normalized spacial score (nSPS) is 38.3. The fourth-order valence-corrected chi connectivity index (χ4v) is 8.92. The Bertz CT molecular complexity index is 876. The van der Waals surface area contributed by atoms with E-state index in [2.05, 4.69) is 54.8 Å². The number of hydrogen-bond acceptors (Lipinski definition) is 3. The minimum atomic E-state index is 0.00353. The van der Waals surface area contributed by atoms with Crippen LogP contribution < -0.4 is 0 Å². The third kappa shape index (κ3) is 4.53. The van der Waals surface area contributed by atoms with Gasteiger partial charge in [0.15, 0.2) is 0 Å². The Balaban J connectivity index is 1.59. The average Bonchev–Trinajstić information content (AvgIpc) is 3.39. The first-order valence-corrected chi connectivity index (χ1v) is 13.9. The summed E-state index contributed by atoms with van der Waals surface area (Å²) in [6.45, 7) is 12.9. The smallest absolute Gasteiger partial charge is 0.0522 e. The molecule has 0 radical (unpaired) electrons. The van der Waals surface area contributed by atoms with E-state index >= 15 is 0 Å². The summed E-state index contributed by atoms with van der Waals surface area (Å²) < 4.78 is 0. The van der Waals surface area contributed by atoms with Crippen LogP contribution in [0.25, 0.3) is 10.4 Å². The Hall–Kier alpha value is -1.52. The summed E-state index contributed by atoms with van der Waals surface area (Å²) in [6.07, 6.45) is 12.8. The van der Waals surface area contributed by atoms with E-state index in [4.69, 9.17) is 0 Å². The topological polar surface area (TPSA) is 97.7 Å². The summed E-state index contributed by atoms with van der Waals surface area (Å²) in [6, 6.07) is 0. The van der Waals surface area contributed by atoms with Gasteiger partial charge in [0.2, 0.25) is 0 Å². The lowest BCUT2D eigenvalue weighted by molar-refractivity contribution is -0.0760. The average molecular weight is 470 g/mol. The van der Waals surface area contributed by atoms with Crippen LogP contribution >= 0.6 is 0 Å². The monoisotopic (exact) mass is 469 g/mol. The van der Waals surface area contributed by atoms with Gasteiger partial charge in [0.05, 0.1) is 6.20 Å². The highest BCUT2D eigenvalue weighted by molar-refractivity contribution is 5.25. The number of rotatable bonds is 9. The van der Waals surface area contributed by atoms with Crippen LogP contribution in [0.5, 0.6) is 0 Å². The molecule has 0 aromatic carbocycles. The number of nitrogens with zero attached hydrogens (tertiary/aromatic N) is 4. The molecular weight excluding hydrogens is 422 g/mol. The van der Waals surface area contributed by atoms with Crippen molar-refractivity contribution in [1.29, 1.82) is 0 Å². The van der Waals surface area contributed by atoms with Crippen LogP contribution in [0.15, 0.2) is 11.3 Å². The highest BCUT2D eigenvalue weighted by Crippen LogP contribution is 2.65. The number of aromatic nitrogens is 2. The minimum absolute atomic E-state index is 0.00353. The lowest BCUT2D eigenvalue weighted by atomic mass is 9.48. The highest BCUT2D eigenvalue weighted by atomic mass is 16.3. The highest BCUT2D eigenvalue weighted by Gasteiger charge is 2.58. The van der Waals surface area contributed by atoms with Crippen molar-refractivity contribution in [3.05, 3.63) is 27.9 Å². The second-order valence-corrected chi connectivity index (χ2v) is 13.0. The van der Waals surface area contributed by atoms with E-state index in [1.54, 1.807) is 0 Å². The Morgan fingerprint density at radius 2 is 1.94 bits per heavy atom. The third-order valence-electron chi connectivity index (χ3n) is 10.8. The number of fused-ring (bicyclic) bond motifs is 2. The van der Waals surface area contributed by atoms with E-state index < -0.39 is 0 Å². The quantitative estimate of drug-likeness (QED) is 0.232. The van der Waals surface area contributed by atoms with Crippen molar-refractivity contribution >= 4 is 0 Å². The van der Waals surface area contributed by atoms with Crippen molar-refractivity contribution < 1.29 is 5.11 Å². The number of azide groups is 1. The first-order chi connectivity index (χ1) is 16.2. The lowest BCUT2D eigenvalue weighted by Gasteiger charge is -2.57. The molecule has 4 rings (SSSR count). The van der Waals surface area contributed by atoms with Crippen molar-refractivity contribution in [3.8, 4) is 0 Å². The van der Waals surface area contributed by atoms with E-state index in [0.717, 1.165) is 30.6 Å². The molecule has 0 aliphatic heterocycles. The SMILES string of the molecule is CC(C)CCC[C@@H](C)[C@H]1CC[C@H]2[C@H](CN=[N+]=[N-])[C@@H]([C@@]3(C)Cc4cn[nH]c4C[C@@H]3CO)CC[C@]12C. The van der Waals surface area contributed by atoms with Gasteiger partial charge in [0, 0.05) is 23.8 Å². The number of aliphatic hydroxyl groups is 1. The Labute approximate surface area is 206 Å². The van der Waals surface area contributed by atoms with Gasteiger partial charge in [-0.3, -0.25) is 5.10 Å². The molecule has 34 heavy (non-hydrogen) atoms. The molecule has 3 aliphatic rings. The molecule has 6 nitrogen and oxygen atoms in total. The Morgan fingerprint density at radius 3 is 2.65 bits per heavy atom. The summed E-state index contributed by atoms with van der Waals surface area (Å²) in [7, 11) is 0. The molecule has 8 atom stereocenters. The van der Waals surface area contributed by atoms with Gasteiger partial charge in [-0.1, -0.05) is 59.0 Å². The molecule has 1 aromatic heterocycles. The zero-order valence-electron chi connectivity index (χ0n) is 22.1. The second kappa shape index (κ2) is 10.2. The van der Waals surface area contributed by atoms with Gasteiger partial charge in [-0.05, 0) is 102 Å². The van der Waals surface area contributed by atoms with Crippen molar-refractivity contribution in [2.24, 2.45) is 57.4 Å². The molecule has 0 unspecified atom stereocenters. The fourth-order valence-electron chi connectivity index (χ4n) is 8.92. The molecule has 6 heteroatoms. The van der Waals surface area contributed by atoms with Crippen LogP contribution in [0, 0.1) is 52.3 Å². The maximum absolute atomic E-state index is 10.4. The van der Waals surface area contributed by atoms with Gasteiger partial charge in [0.25, 0.3) is 0 Å². The molecule has 0 saturated heterocycles. The molecule has 3 aliphatic carbocycles. The fraction of sp³-hybridized carbons (Fsp3) is 0.893. The second-order valence-electron chi connectivity index (χ2n) is 13.0. The molecule has 2 N–H and O–H groups in total. The van der Waals surface area contributed by atoms with Crippen LogP contribution in [0.3, 0.4) is 0 Å². The Kier molecular flexibility index (Phi) is 7.69. The van der Waals surface area contributed by atoms with E-state index in [0.29, 0.717) is 29.7 Å². The van der Waals surface area contributed by atoms with E-state index in [9.17, 15) is 10.6 Å². The standard InChI is InChI=1S/C28H47N5O/c1-18(2)7-6-8-19(3)23-9-10-24-22(16-31-33-29)25(11-12-27(23,24)4)28(5)14-20-15-30-32-26(20)13-21(28)17-34/h15,18-19,21-25,34H,6-14,16-17H2,1-5H3,(H,30,32)/t19-,21-,22+,23-,24+,25+,27-,28+/m1/s1. The van der Waals surface area contributed by atoms with Gasteiger partial charge in [-0.2, -0.15) is 5.10 Å².